The quantitative estimate of drug-likeness (QED) is 0.569. The summed E-state index contributed by atoms with van der Waals surface area (Å²) in [5, 5.41) is 8.75. The lowest BCUT2D eigenvalue weighted by atomic mass is 9.98. The van der Waals surface area contributed by atoms with E-state index < -0.39 is 15.9 Å². The van der Waals surface area contributed by atoms with Gasteiger partial charge in [0.05, 0.1) is 5.92 Å². The molecule has 1 N–H and O–H groups in total. The van der Waals surface area contributed by atoms with Crippen LogP contribution in [0, 0.1) is 19.8 Å². The van der Waals surface area contributed by atoms with Crippen molar-refractivity contribution in [3.05, 3.63) is 63.7 Å². The molecule has 1 unspecified atom stereocenters. The van der Waals surface area contributed by atoms with Crippen molar-refractivity contribution < 1.29 is 17.7 Å². The van der Waals surface area contributed by atoms with Crippen LogP contribution in [-0.2, 0) is 14.8 Å². The summed E-state index contributed by atoms with van der Waals surface area (Å²) in [4.78, 5) is 13.9. The summed E-state index contributed by atoms with van der Waals surface area (Å²) in [5.74, 6) is -0.401. The minimum absolute atomic E-state index is 0.0602. The number of aryl methyl sites for hydroxylation is 2. The fourth-order valence-electron chi connectivity index (χ4n) is 3.81. The summed E-state index contributed by atoms with van der Waals surface area (Å²) in [6.07, 6.45) is 4.68. The van der Waals surface area contributed by atoms with Gasteiger partial charge in [-0.25, -0.2) is 8.42 Å². The number of anilines is 1. The molecule has 0 bridgehead atoms. The molecule has 3 aromatic rings. The van der Waals surface area contributed by atoms with Crippen LogP contribution in [0.4, 0.5) is 5.69 Å². The molecule has 1 fully saturated rings. The summed E-state index contributed by atoms with van der Waals surface area (Å²) < 4.78 is 33.7. The van der Waals surface area contributed by atoms with Crippen LogP contribution in [0.15, 0.2) is 51.2 Å². The molecule has 2 aromatic heterocycles. The molecule has 7 nitrogen and oxygen atoms in total. The van der Waals surface area contributed by atoms with Crippen LogP contribution in [0.2, 0.25) is 0 Å². The smallest absolute Gasteiger partial charge is 0.248 e. The van der Waals surface area contributed by atoms with Gasteiger partial charge < -0.3 is 9.84 Å². The zero-order valence-electron chi connectivity index (χ0n) is 17.9. The van der Waals surface area contributed by atoms with E-state index >= 15 is 0 Å². The SMILES string of the molecule is Cc1cccc(NC(=O)C2CCCN(S(=O)(=O)c3c(C)noc3/C=C/c3cccs3)C2)c1. The van der Waals surface area contributed by atoms with Crippen LogP contribution in [0.5, 0.6) is 0 Å². The molecule has 0 saturated carbocycles. The minimum atomic E-state index is -3.87. The van der Waals surface area contributed by atoms with Gasteiger partial charge in [-0.3, -0.25) is 4.79 Å². The van der Waals surface area contributed by atoms with Gasteiger partial charge in [-0.05, 0) is 68.0 Å². The molecule has 1 atom stereocenters. The lowest BCUT2D eigenvalue weighted by Crippen LogP contribution is -2.43. The number of piperidine rings is 1. The van der Waals surface area contributed by atoms with E-state index in [-0.39, 0.29) is 23.1 Å². The highest BCUT2D eigenvalue weighted by molar-refractivity contribution is 7.89. The van der Waals surface area contributed by atoms with E-state index in [1.807, 2.05) is 48.7 Å². The molecule has 0 radical (unpaired) electrons. The standard InChI is InChI=1S/C23H25N3O4S2/c1-16-6-3-8-19(14-16)24-23(27)18-7-4-12-26(15-18)32(28,29)22-17(2)25-30-21(22)11-10-20-9-5-13-31-20/h3,5-6,8-11,13-14,18H,4,7,12,15H2,1-2H3,(H,24,27)/b11-10+. The molecular formula is C23H25N3O4S2. The van der Waals surface area contributed by atoms with Gasteiger partial charge >= 0.3 is 0 Å². The molecule has 9 heteroatoms. The van der Waals surface area contributed by atoms with Crippen molar-refractivity contribution in [2.24, 2.45) is 5.92 Å². The second kappa shape index (κ2) is 9.40. The highest BCUT2D eigenvalue weighted by atomic mass is 32.2. The molecule has 0 aliphatic carbocycles. The van der Waals surface area contributed by atoms with Gasteiger partial charge in [-0.15, -0.1) is 11.3 Å². The van der Waals surface area contributed by atoms with Gasteiger partial charge in [-0.1, -0.05) is 23.4 Å². The van der Waals surface area contributed by atoms with Crippen molar-refractivity contribution in [2.45, 2.75) is 31.6 Å². The second-order valence-corrected chi connectivity index (χ2v) is 10.7. The Morgan fingerprint density at radius 1 is 1.25 bits per heavy atom. The van der Waals surface area contributed by atoms with Crippen molar-refractivity contribution in [3.63, 3.8) is 0 Å². The molecule has 168 valence electrons. The summed E-state index contributed by atoms with van der Waals surface area (Å²) in [6.45, 7) is 4.05. The molecule has 1 aliphatic rings. The first-order chi connectivity index (χ1) is 15.3. The van der Waals surface area contributed by atoms with E-state index in [0.717, 1.165) is 10.4 Å². The van der Waals surface area contributed by atoms with Crippen LogP contribution in [-0.4, -0.2) is 36.9 Å². The highest BCUT2D eigenvalue weighted by Crippen LogP contribution is 2.30. The van der Waals surface area contributed by atoms with Gasteiger partial charge in [0.1, 0.15) is 5.69 Å². The monoisotopic (exact) mass is 471 g/mol. The topological polar surface area (TPSA) is 92.5 Å². The molecular weight excluding hydrogens is 446 g/mol. The zero-order valence-corrected chi connectivity index (χ0v) is 19.6. The van der Waals surface area contributed by atoms with Gasteiger partial charge in [0.25, 0.3) is 0 Å². The largest absolute Gasteiger partial charge is 0.355 e. The fourth-order valence-corrected chi connectivity index (χ4v) is 6.21. The van der Waals surface area contributed by atoms with E-state index in [1.165, 1.54) is 4.31 Å². The third kappa shape index (κ3) is 4.85. The minimum Gasteiger partial charge on any atom is -0.355 e. The Labute approximate surface area is 191 Å². The summed E-state index contributed by atoms with van der Waals surface area (Å²) in [5.41, 5.74) is 2.06. The third-order valence-electron chi connectivity index (χ3n) is 5.41. The number of amides is 1. The maximum absolute atomic E-state index is 13.5. The first kappa shape index (κ1) is 22.4. The average Bonchev–Trinajstić information content (AvgIpc) is 3.42. The number of nitrogens with zero attached hydrogens (tertiary/aromatic N) is 2. The third-order valence-corrected chi connectivity index (χ3v) is 8.28. The molecule has 32 heavy (non-hydrogen) atoms. The highest BCUT2D eigenvalue weighted by Gasteiger charge is 2.36. The van der Waals surface area contributed by atoms with Crippen LogP contribution in [0.1, 0.15) is 34.7 Å². The Bertz CT molecular complexity index is 1230. The van der Waals surface area contributed by atoms with Crippen molar-refractivity contribution in [3.8, 4) is 0 Å². The lowest BCUT2D eigenvalue weighted by Gasteiger charge is -2.31. The molecule has 1 aromatic carbocycles. The Morgan fingerprint density at radius 2 is 2.09 bits per heavy atom. The van der Waals surface area contributed by atoms with E-state index in [1.54, 1.807) is 30.4 Å². The number of sulfonamides is 1. The number of hydrogen-bond donors (Lipinski definition) is 1. The predicted octanol–water partition coefficient (Wildman–Crippen LogP) is 4.56. The molecule has 1 saturated heterocycles. The number of nitrogens with one attached hydrogen (secondary N) is 1. The van der Waals surface area contributed by atoms with Gasteiger partial charge in [0.15, 0.2) is 10.7 Å². The molecule has 1 aliphatic heterocycles. The van der Waals surface area contributed by atoms with Gasteiger partial charge in [0.2, 0.25) is 15.9 Å². The Kier molecular flexibility index (Phi) is 6.59. The number of thiophene rings is 1. The van der Waals surface area contributed by atoms with E-state index in [4.69, 9.17) is 4.52 Å². The van der Waals surface area contributed by atoms with Crippen molar-refractivity contribution in [1.29, 1.82) is 0 Å². The van der Waals surface area contributed by atoms with Crippen molar-refractivity contribution in [1.82, 2.24) is 9.46 Å². The Balaban J connectivity index is 1.53. The second-order valence-electron chi connectivity index (χ2n) is 7.87. The lowest BCUT2D eigenvalue weighted by molar-refractivity contribution is -0.120. The van der Waals surface area contributed by atoms with Crippen molar-refractivity contribution in [2.75, 3.05) is 18.4 Å². The number of benzene rings is 1. The van der Waals surface area contributed by atoms with Gasteiger partial charge in [-0.2, -0.15) is 4.31 Å². The number of hydrogen-bond acceptors (Lipinski definition) is 6. The summed E-state index contributed by atoms with van der Waals surface area (Å²) in [7, 11) is -3.87. The number of carbonyl (C=O) groups is 1. The van der Waals surface area contributed by atoms with Crippen molar-refractivity contribution >= 4 is 45.1 Å². The first-order valence-electron chi connectivity index (χ1n) is 10.4. The van der Waals surface area contributed by atoms with Crippen LogP contribution in [0.3, 0.4) is 0 Å². The molecule has 4 rings (SSSR count). The predicted molar refractivity (Wildman–Crippen MR) is 126 cm³/mol. The first-order valence-corrected chi connectivity index (χ1v) is 12.7. The maximum atomic E-state index is 13.5. The summed E-state index contributed by atoms with van der Waals surface area (Å²) >= 11 is 1.54. The van der Waals surface area contributed by atoms with Gasteiger partial charge in [0, 0.05) is 23.7 Å². The number of carbonyl (C=O) groups excluding carboxylic acids is 1. The average molecular weight is 472 g/mol. The molecule has 3 heterocycles. The maximum Gasteiger partial charge on any atom is 0.248 e. The summed E-state index contributed by atoms with van der Waals surface area (Å²) in [6, 6.07) is 11.4. The van der Waals surface area contributed by atoms with E-state index in [9.17, 15) is 13.2 Å². The fraction of sp³-hybridized carbons (Fsp3) is 0.304. The molecule has 1 amide bonds. The normalized spacial score (nSPS) is 17.6. The Hall–Kier alpha value is -2.75. The van der Waals surface area contributed by atoms with Crippen LogP contribution >= 0.6 is 11.3 Å². The van der Waals surface area contributed by atoms with Crippen LogP contribution < -0.4 is 5.32 Å². The Morgan fingerprint density at radius 3 is 2.84 bits per heavy atom. The molecule has 0 spiro atoms. The zero-order chi connectivity index (χ0) is 22.7. The van der Waals surface area contributed by atoms with E-state index in [2.05, 4.69) is 10.5 Å². The number of rotatable bonds is 6. The van der Waals surface area contributed by atoms with Crippen LogP contribution in [0.25, 0.3) is 12.2 Å². The van der Waals surface area contributed by atoms with E-state index in [0.29, 0.717) is 30.8 Å². The number of aromatic nitrogens is 1.